The van der Waals surface area contributed by atoms with Crippen molar-refractivity contribution in [2.24, 2.45) is 5.73 Å². The van der Waals surface area contributed by atoms with Crippen molar-refractivity contribution < 1.29 is 9.59 Å². The van der Waals surface area contributed by atoms with E-state index in [1.54, 1.807) is 24.3 Å². The maximum absolute atomic E-state index is 12.6. The Morgan fingerprint density at radius 2 is 1.85 bits per heavy atom. The van der Waals surface area contributed by atoms with Crippen LogP contribution in [0, 0.1) is 0 Å². The van der Waals surface area contributed by atoms with Gasteiger partial charge in [0.25, 0.3) is 11.8 Å². The van der Waals surface area contributed by atoms with Crippen molar-refractivity contribution in [2.75, 3.05) is 5.32 Å². The highest BCUT2D eigenvalue weighted by atomic mass is 35.5. The van der Waals surface area contributed by atoms with Crippen LogP contribution in [0.25, 0.3) is 15.3 Å². The van der Waals surface area contributed by atoms with Crippen molar-refractivity contribution in [1.82, 2.24) is 14.5 Å². The fraction of sp³-hybridized carbons (Fsp3) is 0. The van der Waals surface area contributed by atoms with Crippen molar-refractivity contribution in [3.8, 4) is 5.13 Å². The number of hydrogen-bond acceptors (Lipinski definition) is 5. The Labute approximate surface area is 162 Å². The lowest BCUT2D eigenvalue weighted by Crippen LogP contribution is -2.22. The van der Waals surface area contributed by atoms with Crippen LogP contribution in [0.4, 0.5) is 5.69 Å². The second-order valence-electron chi connectivity index (χ2n) is 5.57. The molecule has 2 heterocycles. The molecule has 134 valence electrons. The van der Waals surface area contributed by atoms with Crippen molar-refractivity contribution in [3.63, 3.8) is 0 Å². The summed E-state index contributed by atoms with van der Waals surface area (Å²) in [6.45, 7) is 0. The summed E-state index contributed by atoms with van der Waals surface area (Å²) in [5.74, 6) is -1.37. The summed E-state index contributed by atoms with van der Waals surface area (Å²) in [5, 5.41) is 3.51. The van der Waals surface area contributed by atoms with Gasteiger partial charge < -0.3 is 11.1 Å². The van der Waals surface area contributed by atoms with E-state index in [0.717, 1.165) is 10.2 Å². The third-order valence-electron chi connectivity index (χ3n) is 3.83. The van der Waals surface area contributed by atoms with Crippen LogP contribution < -0.4 is 11.1 Å². The van der Waals surface area contributed by atoms with Gasteiger partial charge in [-0.05, 0) is 24.3 Å². The number of para-hydroxylation sites is 2. The highest BCUT2D eigenvalue weighted by molar-refractivity contribution is 7.20. The Kier molecular flexibility index (Phi) is 4.35. The first-order valence-corrected chi connectivity index (χ1v) is 9.03. The molecule has 2 aromatic heterocycles. The van der Waals surface area contributed by atoms with Crippen LogP contribution in [-0.2, 0) is 0 Å². The summed E-state index contributed by atoms with van der Waals surface area (Å²) in [7, 11) is 0. The molecule has 0 fully saturated rings. The lowest BCUT2D eigenvalue weighted by molar-refractivity contribution is 0.0970. The first-order chi connectivity index (χ1) is 13.0. The SMILES string of the molecule is NC(=O)c1c(C(=O)Nc2ccccc2Cl)ncn1-c1nc2ccccc2s1. The molecule has 0 saturated carbocycles. The molecule has 2 aromatic carbocycles. The largest absolute Gasteiger partial charge is 0.364 e. The Balaban J connectivity index is 1.75. The van der Waals surface area contributed by atoms with Crippen LogP contribution >= 0.6 is 22.9 Å². The summed E-state index contributed by atoms with van der Waals surface area (Å²) in [6, 6.07) is 14.3. The number of halogens is 1. The minimum absolute atomic E-state index is 0.0430. The van der Waals surface area contributed by atoms with Crippen LogP contribution in [0.5, 0.6) is 0 Å². The lowest BCUT2D eigenvalue weighted by atomic mass is 10.2. The highest BCUT2D eigenvalue weighted by Crippen LogP contribution is 2.27. The van der Waals surface area contributed by atoms with Crippen LogP contribution in [0.15, 0.2) is 54.9 Å². The van der Waals surface area contributed by atoms with Crippen molar-refractivity contribution in [1.29, 1.82) is 0 Å². The quantitative estimate of drug-likeness (QED) is 0.550. The van der Waals surface area contributed by atoms with E-state index in [-0.39, 0.29) is 11.4 Å². The molecule has 0 aliphatic carbocycles. The predicted molar refractivity (Wildman–Crippen MR) is 105 cm³/mol. The summed E-state index contributed by atoms with van der Waals surface area (Å²) < 4.78 is 2.37. The molecule has 0 spiro atoms. The third kappa shape index (κ3) is 3.16. The first kappa shape index (κ1) is 17.2. The number of nitrogens with two attached hydrogens (primary N) is 1. The number of imidazole rings is 1. The maximum Gasteiger partial charge on any atom is 0.276 e. The van der Waals surface area contributed by atoms with Gasteiger partial charge in [0.2, 0.25) is 0 Å². The normalized spacial score (nSPS) is 10.9. The number of anilines is 1. The number of thiazole rings is 1. The lowest BCUT2D eigenvalue weighted by Gasteiger charge is -2.07. The van der Waals surface area contributed by atoms with Gasteiger partial charge >= 0.3 is 0 Å². The average molecular weight is 398 g/mol. The number of carbonyl (C=O) groups is 2. The van der Waals surface area contributed by atoms with E-state index in [4.69, 9.17) is 17.3 Å². The van der Waals surface area contributed by atoms with Crippen LogP contribution in [0.1, 0.15) is 21.0 Å². The summed E-state index contributed by atoms with van der Waals surface area (Å²) in [5.41, 5.74) is 6.58. The van der Waals surface area contributed by atoms with Gasteiger partial charge in [-0.1, -0.05) is 47.2 Å². The standard InChI is InChI=1S/C18H12ClN5O2S/c19-10-5-1-2-6-11(10)22-17(26)14-15(16(20)25)24(9-21-14)18-23-12-7-3-4-8-13(12)27-18/h1-9H,(H2,20,25)(H,22,26). The van der Waals surface area contributed by atoms with E-state index in [0.29, 0.717) is 15.8 Å². The van der Waals surface area contributed by atoms with Gasteiger partial charge in [-0.2, -0.15) is 0 Å². The molecule has 0 bridgehead atoms. The van der Waals surface area contributed by atoms with Crippen LogP contribution in [-0.4, -0.2) is 26.3 Å². The van der Waals surface area contributed by atoms with E-state index in [1.807, 2.05) is 24.3 Å². The molecule has 4 rings (SSSR count). The van der Waals surface area contributed by atoms with Gasteiger partial charge in [0, 0.05) is 0 Å². The van der Waals surface area contributed by atoms with Crippen LogP contribution in [0.3, 0.4) is 0 Å². The molecule has 9 heteroatoms. The average Bonchev–Trinajstić information content (AvgIpc) is 3.27. The molecular weight excluding hydrogens is 386 g/mol. The fourth-order valence-corrected chi connectivity index (χ4v) is 3.73. The number of nitrogens with one attached hydrogen (secondary N) is 1. The number of rotatable bonds is 4. The topological polar surface area (TPSA) is 103 Å². The van der Waals surface area contributed by atoms with E-state index in [1.165, 1.54) is 22.2 Å². The number of nitrogens with zero attached hydrogens (tertiary/aromatic N) is 3. The fourth-order valence-electron chi connectivity index (χ4n) is 2.60. The number of fused-ring (bicyclic) bond motifs is 1. The minimum atomic E-state index is -0.781. The van der Waals surface area contributed by atoms with Crippen molar-refractivity contribution >= 4 is 50.7 Å². The number of benzene rings is 2. The highest BCUT2D eigenvalue weighted by Gasteiger charge is 2.24. The zero-order valence-corrected chi connectivity index (χ0v) is 15.3. The predicted octanol–water partition coefficient (Wildman–Crippen LogP) is 3.49. The third-order valence-corrected chi connectivity index (χ3v) is 5.19. The molecular formula is C18H12ClN5O2S. The Hall–Kier alpha value is -3.23. The van der Waals surface area contributed by atoms with Gasteiger partial charge in [-0.25, -0.2) is 9.97 Å². The number of amides is 2. The number of primary amides is 1. The van der Waals surface area contributed by atoms with Crippen LogP contribution in [0.2, 0.25) is 5.02 Å². The number of carbonyl (C=O) groups excluding carboxylic acids is 2. The zero-order valence-electron chi connectivity index (χ0n) is 13.7. The second kappa shape index (κ2) is 6.82. The summed E-state index contributed by atoms with van der Waals surface area (Å²) >= 11 is 7.43. The molecule has 2 amide bonds. The Bertz CT molecular complexity index is 1150. The van der Waals surface area contributed by atoms with E-state index in [9.17, 15) is 9.59 Å². The van der Waals surface area contributed by atoms with Crippen molar-refractivity contribution in [2.45, 2.75) is 0 Å². The van der Waals surface area contributed by atoms with Gasteiger partial charge in [0.15, 0.2) is 10.8 Å². The maximum atomic E-state index is 12.6. The molecule has 3 N–H and O–H groups in total. The minimum Gasteiger partial charge on any atom is -0.364 e. The Morgan fingerprint density at radius 1 is 1.11 bits per heavy atom. The van der Waals surface area contributed by atoms with Gasteiger partial charge in [-0.3, -0.25) is 14.2 Å². The number of hydrogen-bond donors (Lipinski definition) is 2. The molecule has 0 atom stereocenters. The van der Waals surface area contributed by atoms with Gasteiger partial charge in [0.05, 0.1) is 20.9 Å². The molecule has 0 saturated heterocycles. The first-order valence-electron chi connectivity index (χ1n) is 7.83. The monoisotopic (exact) mass is 397 g/mol. The molecule has 27 heavy (non-hydrogen) atoms. The Morgan fingerprint density at radius 3 is 2.59 bits per heavy atom. The molecule has 0 unspecified atom stereocenters. The van der Waals surface area contributed by atoms with Gasteiger partial charge in [0.1, 0.15) is 12.0 Å². The van der Waals surface area contributed by atoms with Gasteiger partial charge in [-0.15, -0.1) is 0 Å². The molecule has 4 aromatic rings. The summed E-state index contributed by atoms with van der Waals surface area (Å²) in [4.78, 5) is 33.2. The number of aromatic nitrogens is 3. The second-order valence-corrected chi connectivity index (χ2v) is 6.99. The van der Waals surface area contributed by atoms with E-state index >= 15 is 0 Å². The smallest absolute Gasteiger partial charge is 0.276 e. The van der Waals surface area contributed by atoms with E-state index in [2.05, 4.69) is 15.3 Å². The molecule has 7 nitrogen and oxygen atoms in total. The molecule has 0 aliphatic rings. The summed E-state index contributed by atoms with van der Waals surface area (Å²) in [6.07, 6.45) is 1.36. The zero-order chi connectivity index (χ0) is 19.0. The molecule has 0 radical (unpaired) electrons. The van der Waals surface area contributed by atoms with Crippen molar-refractivity contribution in [3.05, 3.63) is 71.3 Å². The van der Waals surface area contributed by atoms with E-state index < -0.39 is 11.8 Å². The molecule has 0 aliphatic heterocycles.